The van der Waals surface area contributed by atoms with Gasteiger partial charge in [-0.25, -0.2) is 4.39 Å². The van der Waals surface area contributed by atoms with E-state index < -0.39 is 0 Å². The quantitative estimate of drug-likeness (QED) is 0.742. The van der Waals surface area contributed by atoms with E-state index in [4.69, 9.17) is 4.74 Å². The van der Waals surface area contributed by atoms with Gasteiger partial charge in [0.25, 0.3) is 0 Å². The highest BCUT2D eigenvalue weighted by Crippen LogP contribution is 2.32. The number of benzene rings is 1. The molecule has 3 nitrogen and oxygen atoms in total. The van der Waals surface area contributed by atoms with Gasteiger partial charge in [-0.05, 0) is 24.0 Å². The predicted octanol–water partition coefficient (Wildman–Crippen LogP) is 2.89. The van der Waals surface area contributed by atoms with Gasteiger partial charge in [0.05, 0.1) is 20.6 Å². The molecule has 0 N–H and O–H groups in total. The van der Waals surface area contributed by atoms with Crippen LogP contribution in [0.15, 0.2) is 18.2 Å². The monoisotopic (exact) mass is 240 g/mol. The first kappa shape index (κ1) is 13.5. The van der Waals surface area contributed by atoms with Crippen molar-refractivity contribution < 1.29 is 18.7 Å². The Labute approximate surface area is 101 Å². The Bertz CT molecular complexity index is 390. The Morgan fingerprint density at radius 1 is 1.41 bits per heavy atom. The summed E-state index contributed by atoms with van der Waals surface area (Å²) in [6.07, 6.45) is 1.03. The lowest BCUT2D eigenvalue weighted by Crippen LogP contribution is -2.09. The van der Waals surface area contributed by atoms with Crippen molar-refractivity contribution in [3.05, 3.63) is 29.6 Å². The molecule has 94 valence electrons. The summed E-state index contributed by atoms with van der Waals surface area (Å²) in [6.45, 7) is 1.97. The summed E-state index contributed by atoms with van der Waals surface area (Å²) < 4.78 is 22.8. The zero-order valence-corrected chi connectivity index (χ0v) is 10.3. The second-order valence-electron chi connectivity index (χ2n) is 3.77. The molecule has 0 unspecified atom stereocenters. The molecule has 0 fully saturated rings. The molecule has 0 aromatic heterocycles. The number of halogens is 1. The highest BCUT2D eigenvalue weighted by Gasteiger charge is 2.18. The summed E-state index contributed by atoms with van der Waals surface area (Å²) in [6, 6.07) is 4.36. The molecule has 0 saturated carbocycles. The molecule has 1 rings (SSSR count). The number of carbonyl (C=O) groups excluding carboxylic acids is 1. The van der Waals surface area contributed by atoms with Gasteiger partial charge in [-0.2, -0.15) is 0 Å². The van der Waals surface area contributed by atoms with E-state index in [9.17, 15) is 9.18 Å². The summed E-state index contributed by atoms with van der Waals surface area (Å²) in [5.41, 5.74) is 0.835. The third kappa shape index (κ3) is 3.44. The Hall–Kier alpha value is -1.58. The Kier molecular flexibility index (Phi) is 4.94. The minimum Gasteiger partial charge on any atom is -0.496 e. The molecule has 0 heterocycles. The van der Waals surface area contributed by atoms with Crippen LogP contribution in [0.3, 0.4) is 0 Å². The van der Waals surface area contributed by atoms with Crippen molar-refractivity contribution in [2.45, 2.75) is 25.7 Å². The fourth-order valence-electron chi connectivity index (χ4n) is 1.78. The molecule has 1 atom stereocenters. The number of carbonyl (C=O) groups is 1. The molecule has 0 aliphatic carbocycles. The van der Waals surface area contributed by atoms with Crippen LogP contribution in [-0.2, 0) is 9.53 Å². The van der Waals surface area contributed by atoms with E-state index >= 15 is 0 Å². The molecular weight excluding hydrogens is 223 g/mol. The van der Waals surface area contributed by atoms with Crippen molar-refractivity contribution in [2.75, 3.05) is 14.2 Å². The first-order valence-corrected chi connectivity index (χ1v) is 5.52. The number of hydrogen-bond acceptors (Lipinski definition) is 3. The maximum absolute atomic E-state index is 13.1. The van der Waals surface area contributed by atoms with Crippen LogP contribution in [0.25, 0.3) is 0 Å². The summed E-state index contributed by atoms with van der Waals surface area (Å²) in [5, 5.41) is 0. The molecule has 1 aromatic rings. The Morgan fingerprint density at radius 3 is 2.65 bits per heavy atom. The number of rotatable bonds is 5. The van der Waals surface area contributed by atoms with Gasteiger partial charge in [-0.15, -0.1) is 0 Å². The molecule has 0 bridgehead atoms. The molecule has 0 saturated heterocycles. The second kappa shape index (κ2) is 6.23. The lowest BCUT2D eigenvalue weighted by atomic mass is 9.92. The molecule has 0 amide bonds. The average Bonchev–Trinajstić information content (AvgIpc) is 2.35. The molecule has 4 heteroatoms. The Balaban J connectivity index is 2.98. The van der Waals surface area contributed by atoms with Crippen LogP contribution in [0.1, 0.15) is 31.2 Å². The van der Waals surface area contributed by atoms with Crippen molar-refractivity contribution in [1.82, 2.24) is 0 Å². The van der Waals surface area contributed by atoms with Crippen LogP contribution in [-0.4, -0.2) is 20.2 Å². The maximum atomic E-state index is 13.1. The first-order valence-electron chi connectivity index (χ1n) is 5.52. The fraction of sp³-hybridized carbons (Fsp3) is 0.462. The van der Waals surface area contributed by atoms with Crippen molar-refractivity contribution in [3.8, 4) is 5.75 Å². The van der Waals surface area contributed by atoms with E-state index in [0.29, 0.717) is 5.75 Å². The van der Waals surface area contributed by atoms with Gasteiger partial charge in [0.1, 0.15) is 11.6 Å². The van der Waals surface area contributed by atoms with Gasteiger partial charge in [-0.1, -0.05) is 13.0 Å². The summed E-state index contributed by atoms with van der Waals surface area (Å²) >= 11 is 0. The van der Waals surface area contributed by atoms with E-state index in [-0.39, 0.29) is 24.1 Å². The maximum Gasteiger partial charge on any atom is 0.306 e. The van der Waals surface area contributed by atoms with Crippen LogP contribution in [0.2, 0.25) is 0 Å². The van der Waals surface area contributed by atoms with Gasteiger partial charge in [0.2, 0.25) is 0 Å². The van der Waals surface area contributed by atoms with Gasteiger partial charge in [0.15, 0.2) is 0 Å². The second-order valence-corrected chi connectivity index (χ2v) is 3.77. The van der Waals surface area contributed by atoms with E-state index in [1.54, 1.807) is 6.07 Å². The highest BCUT2D eigenvalue weighted by atomic mass is 19.1. The zero-order valence-electron chi connectivity index (χ0n) is 10.3. The third-order valence-electron chi connectivity index (χ3n) is 2.77. The fourth-order valence-corrected chi connectivity index (χ4v) is 1.78. The van der Waals surface area contributed by atoms with Crippen LogP contribution in [0, 0.1) is 5.82 Å². The van der Waals surface area contributed by atoms with E-state index in [2.05, 4.69) is 4.74 Å². The summed E-state index contributed by atoms with van der Waals surface area (Å²) in [5.74, 6) is -0.166. The van der Waals surface area contributed by atoms with Crippen molar-refractivity contribution in [2.24, 2.45) is 0 Å². The highest BCUT2D eigenvalue weighted by molar-refractivity contribution is 5.70. The van der Waals surface area contributed by atoms with Crippen LogP contribution >= 0.6 is 0 Å². The number of methoxy groups -OCH3 is 2. The largest absolute Gasteiger partial charge is 0.496 e. The number of hydrogen-bond donors (Lipinski definition) is 0. The molecule has 0 aliphatic heterocycles. The molecule has 17 heavy (non-hydrogen) atoms. The summed E-state index contributed by atoms with van der Waals surface area (Å²) in [7, 11) is 2.85. The number of ether oxygens (including phenoxy) is 2. The topological polar surface area (TPSA) is 35.5 Å². The minimum atomic E-state index is -0.349. The third-order valence-corrected chi connectivity index (χ3v) is 2.77. The average molecular weight is 240 g/mol. The van der Waals surface area contributed by atoms with Gasteiger partial charge in [-0.3, -0.25) is 4.79 Å². The van der Waals surface area contributed by atoms with E-state index in [1.165, 1.54) is 26.4 Å². The molecule has 0 radical (unpaired) electrons. The lowest BCUT2D eigenvalue weighted by Gasteiger charge is -2.17. The standard InChI is InChI=1S/C13H17FO3/c1-4-9(7-13(15)17-3)11-6-5-10(14)8-12(11)16-2/h5-6,8-9H,4,7H2,1-3H3/t9-/m1/s1. The zero-order chi connectivity index (χ0) is 12.8. The van der Waals surface area contributed by atoms with E-state index in [0.717, 1.165) is 12.0 Å². The first-order chi connectivity index (χ1) is 8.12. The van der Waals surface area contributed by atoms with Crippen LogP contribution < -0.4 is 4.74 Å². The SMILES string of the molecule is CC[C@H](CC(=O)OC)c1ccc(F)cc1OC. The van der Waals surface area contributed by atoms with Crippen molar-refractivity contribution >= 4 is 5.97 Å². The molecule has 0 spiro atoms. The van der Waals surface area contributed by atoms with Crippen LogP contribution in [0.5, 0.6) is 5.75 Å². The van der Waals surface area contributed by atoms with Crippen molar-refractivity contribution in [3.63, 3.8) is 0 Å². The molecule has 0 aliphatic rings. The lowest BCUT2D eigenvalue weighted by molar-refractivity contribution is -0.141. The van der Waals surface area contributed by atoms with Gasteiger partial charge < -0.3 is 9.47 Å². The normalized spacial score (nSPS) is 12.0. The predicted molar refractivity (Wildman–Crippen MR) is 62.6 cm³/mol. The van der Waals surface area contributed by atoms with Gasteiger partial charge >= 0.3 is 5.97 Å². The minimum absolute atomic E-state index is 0.0157. The van der Waals surface area contributed by atoms with Crippen LogP contribution in [0.4, 0.5) is 4.39 Å². The number of esters is 1. The Morgan fingerprint density at radius 2 is 2.12 bits per heavy atom. The molecular formula is C13H17FO3. The smallest absolute Gasteiger partial charge is 0.306 e. The van der Waals surface area contributed by atoms with E-state index in [1.807, 2.05) is 6.92 Å². The summed E-state index contributed by atoms with van der Waals surface area (Å²) in [4.78, 5) is 11.3. The van der Waals surface area contributed by atoms with Crippen molar-refractivity contribution in [1.29, 1.82) is 0 Å². The van der Waals surface area contributed by atoms with Gasteiger partial charge in [0, 0.05) is 6.07 Å². The molecule has 1 aromatic carbocycles.